The maximum atomic E-state index is 11.9. The molecule has 1 aliphatic rings. The summed E-state index contributed by atoms with van der Waals surface area (Å²) >= 11 is 0. The number of aliphatic hydroxyl groups is 1. The molecule has 1 fully saturated rings. The molecular formula is C14H19NO4. The number of hydrogen-bond donors (Lipinski definition) is 1. The van der Waals surface area contributed by atoms with Crippen LogP contribution in [-0.2, 0) is 16.1 Å². The number of hydrogen-bond acceptors (Lipinski definition) is 4. The molecule has 2 atom stereocenters. The molecule has 1 amide bonds. The first-order valence-corrected chi connectivity index (χ1v) is 6.26. The van der Waals surface area contributed by atoms with Crippen LogP contribution in [0.3, 0.4) is 0 Å². The van der Waals surface area contributed by atoms with Crippen LogP contribution in [0.4, 0.5) is 4.79 Å². The van der Waals surface area contributed by atoms with Crippen LogP contribution in [0.25, 0.3) is 0 Å². The third kappa shape index (κ3) is 2.57. The van der Waals surface area contributed by atoms with Crippen LogP contribution in [0, 0.1) is 0 Å². The molecule has 0 spiro atoms. The number of benzene rings is 1. The predicted molar refractivity (Wildman–Crippen MR) is 69.6 cm³/mol. The summed E-state index contributed by atoms with van der Waals surface area (Å²) < 4.78 is 10.5. The Labute approximate surface area is 112 Å². The van der Waals surface area contributed by atoms with Gasteiger partial charge in [-0.05, 0) is 12.5 Å². The molecule has 0 radical (unpaired) electrons. The lowest BCUT2D eigenvalue weighted by Crippen LogP contribution is -2.72. The summed E-state index contributed by atoms with van der Waals surface area (Å²) in [5.41, 5.74) is 0.301. The van der Waals surface area contributed by atoms with Crippen molar-refractivity contribution in [1.82, 2.24) is 4.90 Å². The normalized spacial score (nSPS) is 25.8. The van der Waals surface area contributed by atoms with Crippen LogP contribution in [0.15, 0.2) is 30.3 Å². The van der Waals surface area contributed by atoms with Gasteiger partial charge in [0.1, 0.15) is 12.2 Å². The van der Waals surface area contributed by atoms with Crippen molar-refractivity contribution in [1.29, 1.82) is 0 Å². The molecular weight excluding hydrogens is 246 g/mol. The molecule has 1 aromatic rings. The smallest absolute Gasteiger partial charge is 0.410 e. The van der Waals surface area contributed by atoms with Gasteiger partial charge in [0.2, 0.25) is 0 Å². The minimum atomic E-state index is -0.647. The Balaban J connectivity index is 1.86. The summed E-state index contributed by atoms with van der Waals surface area (Å²) in [4.78, 5) is 13.5. The lowest BCUT2D eigenvalue weighted by molar-refractivity contribution is -0.175. The van der Waals surface area contributed by atoms with E-state index in [1.54, 1.807) is 12.0 Å². The number of likely N-dealkylation sites (tertiary alicyclic amines) is 1. The standard InChI is InChI=1S/C14H19NO4/c1-11-14(10-16,18-2)9-15(11)13(17)19-8-12-6-4-3-5-7-12/h3-7,11,16H,8-10H2,1-2H3/t11-,14?/m1/s1. The summed E-state index contributed by atoms with van der Waals surface area (Å²) in [6.45, 7) is 2.34. The van der Waals surface area contributed by atoms with E-state index in [4.69, 9.17) is 9.47 Å². The summed E-state index contributed by atoms with van der Waals surface area (Å²) in [6.07, 6.45) is -0.377. The molecule has 1 aromatic carbocycles. The second-order valence-electron chi connectivity index (χ2n) is 4.77. The van der Waals surface area contributed by atoms with Gasteiger partial charge < -0.3 is 14.6 Å². The van der Waals surface area contributed by atoms with Crippen molar-refractivity contribution in [3.63, 3.8) is 0 Å². The van der Waals surface area contributed by atoms with Crippen molar-refractivity contribution >= 4 is 6.09 Å². The zero-order valence-electron chi connectivity index (χ0n) is 11.2. The van der Waals surface area contributed by atoms with Crippen molar-refractivity contribution in [3.05, 3.63) is 35.9 Å². The second kappa shape index (κ2) is 5.59. The van der Waals surface area contributed by atoms with E-state index in [-0.39, 0.29) is 25.3 Å². The molecule has 1 unspecified atom stereocenters. The zero-order valence-corrected chi connectivity index (χ0v) is 11.2. The quantitative estimate of drug-likeness (QED) is 0.894. The van der Waals surface area contributed by atoms with Crippen molar-refractivity contribution in [2.75, 3.05) is 20.3 Å². The first-order chi connectivity index (χ1) is 9.13. The van der Waals surface area contributed by atoms with Gasteiger partial charge in [0, 0.05) is 7.11 Å². The number of carbonyl (C=O) groups excluding carboxylic acids is 1. The first-order valence-electron chi connectivity index (χ1n) is 6.26. The van der Waals surface area contributed by atoms with Crippen LogP contribution < -0.4 is 0 Å². The van der Waals surface area contributed by atoms with Crippen molar-refractivity contribution in [3.8, 4) is 0 Å². The Morgan fingerprint density at radius 1 is 1.47 bits per heavy atom. The largest absolute Gasteiger partial charge is 0.445 e. The zero-order chi connectivity index (χ0) is 13.9. The minimum Gasteiger partial charge on any atom is -0.445 e. The molecule has 5 heteroatoms. The van der Waals surface area contributed by atoms with Gasteiger partial charge in [-0.1, -0.05) is 30.3 Å². The lowest BCUT2D eigenvalue weighted by atomic mass is 9.85. The Morgan fingerprint density at radius 2 is 2.16 bits per heavy atom. The van der Waals surface area contributed by atoms with Gasteiger partial charge >= 0.3 is 6.09 Å². The molecule has 0 saturated carbocycles. The molecule has 0 aliphatic carbocycles. The van der Waals surface area contributed by atoms with E-state index in [9.17, 15) is 9.90 Å². The number of aliphatic hydroxyl groups excluding tert-OH is 1. The van der Waals surface area contributed by atoms with Crippen LogP contribution in [0.2, 0.25) is 0 Å². The van der Waals surface area contributed by atoms with Crippen molar-refractivity contribution in [2.24, 2.45) is 0 Å². The summed E-state index contributed by atoms with van der Waals surface area (Å²) in [7, 11) is 1.54. The Morgan fingerprint density at radius 3 is 2.68 bits per heavy atom. The molecule has 1 N–H and O–H groups in total. The highest BCUT2D eigenvalue weighted by atomic mass is 16.6. The Bertz CT molecular complexity index is 430. The predicted octanol–water partition coefficient (Wildman–Crippen LogP) is 1.40. The fraction of sp³-hybridized carbons (Fsp3) is 0.500. The van der Waals surface area contributed by atoms with Gasteiger partial charge in [0.25, 0.3) is 0 Å². The average Bonchev–Trinajstić information content (AvgIpc) is 2.46. The molecule has 0 bridgehead atoms. The SMILES string of the molecule is COC1(CO)CN(C(=O)OCc2ccccc2)[C@@H]1C. The Hall–Kier alpha value is -1.59. The third-order valence-corrected chi connectivity index (χ3v) is 3.78. The monoisotopic (exact) mass is 265 g/mol. The van der Waals surface area contributed by atoms with Crippen LogP contribution in [-0.4, -0.2) is 48.0 Å². The van der Waals surface area contributed by atoms with Gasteiger partial charge in [-0.15, -0.1) is 0 Å². The fourth-order valence-electron chi connectivity index (χ4n) is 2.24. The van der Waals surface area contributed by atoms with E-state index in [1.165, 1.54) is 0 Å². The maximum absolute atomic E-state index is 11.9. The molecule has 19 heavy (non-hydrogen) atoms. The molecule has 2 rings (SSSR count). The Kier molecular flexibility index (Phi) is 4.07. The number of nitrogens with zero attached hydrogens (tertiary/aromatic N) is 1. The molecule has 104 valence electrons. The number of methoxy groups -OCH3 is 1. The van der Waals surface area contributed by atoms with E-state index in [2.05, 4.69) is 0 Å². The number of ether oxygens (including phenoxy) is 2. The maximum Gasteiger partial charge on any atom is 0.410 e. The highest BCUT2D eigenvalue weighted by Gasteiger charge is 2.53. The topological polar surface area (TPSA) is 59.0 Å². The van der Waals surface area contributed by atoms with Crippen molar-refractivity contribution < 1.29 is 19.4 Å². The van der Waals surface area contributed by atoms with Gasteiger partial charge in [0.05, 0.1) is 19.2 Å². The van der Waals surface area contributed by atoms with Crippen LogP contribution in [0.1, 0.15) is 12.5 Å². The van der Waals surface area contributed by atoms with E-state index >= 15 is 0 Å². The van der Waals surface area contributed by atoms with E-state index < -0.39 is 5.60 Å². The molecule has 5 nitrogen and oxygen atoms in total. The van der Waals surface area contributed by atoms with Gasteiger partial charge in [-0.2, -0.15) is 0 Å². The second-order valence-corrected chi connectivity index (χ2v) is 4.77. The number of amides is 1. The van der Waals surface area contributed by atoms with Crippen LogP contribution in [0.5, 0.6) is 0 Å². The van der Waals surface area contributed by atoms with Gasteiger partial charge in [0.15, 0.2) is 0 Å². The number of carbonyl (C=O) groups is 1. The minimum absolute atomic E-state index is 0.104. The highest BCUT2D eigenvalue weighted by molar-refractivity contribution is 5.70. The summed E-state index contributed by atoms with van der Waals surface area (Å²) in [5, 5.41) is 9.31. The van der Waals surface area contributed by atoms with Crippen LogP contribution >= 0.6 is 0 Å². The molecule has 0 aromatic heterocycles. The highest BCUT2D eigenvalue weighted by Crippen LogP contribution is 2.32. The fourth-order valence-corrected chi connectivity index (χ4v) is 2.24. The van der Waals surface area contributed by atoms with Gasteiger partial charge in [-0.25, -0.2) is 4.79 Å². The molecule has 1 heterocycles. The van der Waals surface area contributed by atoms with Gasteiger partial charge in [-0.3, -0.25) is 4.90 Å². The first kappa shape index (κ1) is 13.8. The van der Waals surface area contributed by atoms with E-state index in [1.807, 2.05) is 37.3 Å². The number of rotatable bonds is 4. The van der Waals surface area contributed by atoms with E-state index in [0.717, 1.165) is 5.56 Å². The third-order valence-electron chi connectivity index (χ3n) is 3.78. The lowest BCUT2D eigenvalue weighted by Gasteiger charge is -2.53. The van der Waals surface area contributed by atoms with Crippen molar-refractivity contribution in [2.45, 2.75) is 25.2 Å². The summed E-state index contributed by atoms with van der Waals surface area (Å²) in [6, 6.07) is 9.33. The van der Waals surface area contributed by atoms with E-state index in [0.29, 0.717) is 6.54 Å². The summed E-state index contributed by atoms with van der Waals surface area (Å²) in [5.74, 6) is 0. The molecule has 1 aliphatic heterocycles. The average molecular weight is 265 g/mol. The molecule has 1 saturated heterocycles.